The summed E-state index contributed by atoms with van der Waals surface area (Å²) in [7, 11) is 0. The first-order valence-corrected chi connectivity index (χ1v) is 10.3. The third-order valence-corrected chi connectivity index (χ3v) is 6.35. The molecule has 2 aromatic rings. The molecule has 1 aromatic carbocycles. The average molecular weight is 389 g/mol. The first-order chi connectivity index (χ1) is 13.0. The van der Waals surface area contributed by atoms with Crippen molar-refractivity contribution in [2.24, 2.45) is 5.92 Å². The molecule has 0 bridgehead atoms. The molecule has 144 valence electrons. The molecule has 0 fully saturated rings. The maximum absolute atomic E-state index is 13.7. The Kier molecular flexibility index (Phi) is 6.26. The molecule has 0 aliphatic heterocycles. The van der Waals surface area contributed by atoms with Gasteiger partial charge in [0, 0.05) is 36.0 Å². The van der Waals surface area contributed by atoms with Gasteiger partial charge in [-0.1, -0.05) is 18.2 Å². The monoisotopic (exact) mass is 388 g/mol. The molecule has 1 aliphatic rings. The number of halogens is 1. The van der Waals surface area contributed by atoms with E-state index in [-0.39, 0.29) is 30.1 Å². The number of benzene rings is 1. The summed E-state index contributed by atoms with van der Waals surface area (Å²) < 4.78 is 13.7. The number of carbonyl (C=O) groups excluding carboxylic acids is 2. The van der Waals surface area contributed by atoms with Crippen molar-refractivity contribution >= 4 is 23.2 Å². The normalized spacial score (nSPS) is 15.9. The van der Waals surface area contributed by atoms with E-state index in [1.54, 1.807) is 29.5 Å². The second-order valence-electron chi connectivity index (χ2n) is 6.79. The number of hydrogen-bond acceptors (Lipinski definition) is 3. The van der Waals surface area contributed by atoms with E-state index >= 15 is 0 Å². The Morgan fingerprint density at radius 2 is 2.00 bits per heavy atom. The van der Waals surface area contributed by atoms with Crippen molar-refractivity contribution in [3.8, 4) is 0 Å². The molecule has 1 aliphatic carbocycles. The zero-order chi connectivity index (χ0) is 19.4. The lowest BCUT2D eigenvalue weighted by molar-refractivity contribution is -0.125. The van der Waals surface area contributed by atoms with Crippen LogP contribution in [0, 0.1) is 11.7 Å². The minimum atomic E-state index is -0.305. The number of aryl methyl sites for hydroxylation is 1. The Labute approximate surface area is 163 Å². The van der Waals surface area contributed by atoms with Crippen LogP contribution in [0.25, 0.3) is 0 Å². The second kappa shape index (κ2) is 8.65. The molecule has 4 nitrogen and oxygen atoms in total. The lowest BCUT2D eigenvalue weighted by atomic mass is 9.87. The smallest absolute Gasteiger partial charge is 0.263 e. The van der Waals surface area contributed by atoms with Gasteiger partial charge in [0.2, 0.25) is 5.91 Å². The van der Waals surface area contributed by atoms with E-state index in [9.17, 15) is 14.0 Å². The van der Waals surface area contributed by atoms with Crippen molar-refractivity contribution in [2.75, 3.05) is 13.1 Å². The molecule has 1 aromatic heterocycles. The summed E-state index contributed by atoms with van der Waals surface area (Å²) in [6.45, 7) is 5.54. The molecule has 1 N–H and O–H groups in total. The van der Waals surface area contributed by atoms with Gasteiger partial charge in [0.15, 0.2) is 0 Å². The van der Waals surface area contributed by atoms with Crippen LogP contribution in [-0.2, 0) is 24.2 Å². The zero-order valence-corrected chi connectivity index (χ0v) is 16.6. The van der Waals surface area contributed by atoms with E-state index in [1.165, 1.54) is 10.9 Å². The summed E-state index contributed by atoms with van der Waals surface area (Å²) in [6.07, 6.45) is 2.21. The Morgan fingerprint density at radius 3 is 2.70 bits per heavy atom. The average Bonchev–Trinajstić information content (AvgIpc) is 3.11. The van der Waals surface area contributed by atoms with Gasteiger partial charge >= 0.3 is 0 Å². The summed E-state index contributed by atoms with van der Waals surface area (Å²) in [6, 6.07) is 8.43. The Morgan fingerprint density at radius 1 is 1.26 bits per heavy atom. The van der Waals surface area contributed by atoms with Gasteiger partial charge in [-0.05, 0) is 50.8 Å². The van der Waals surface area contributed by atoms with Gasteiger partial charge in [0.1, 0.15) is 5.82 Å². The number of nitrogens with one attached hydrogen (secondary N) is 1. The minimum absolute atomic E-state index is 0.0493. The first-order valence-electron chi connectivity index (χ1n) is 9.45. The fraction of sp³-hybridized carbons (Fsp3) is 0.429. The lowest BCUT2D eigenvalue weighted by Gasteiger charge is -2.21. The topological polar surface area (TPSA) is 49.4 Å². The zero-order valence-electron chi connectivity index (χ0n) is 15.8. The number of nitrogens with zero attached hydrogens (tertiary/aromatic N) is 1. The van der Waals surface area contributed by atoms with Crippen molar-refractivity contribution in [1.82, 2.24) is 10.2 Å². The van der Waals surface area contributed by atoms with Gasteiger partial charge in [-0.25, -0.2) is 4.39 Å². The molecule has 6 heteroatoms. The van der Waals surface area contributed by atoms with Crippen molar-refractivity contribution in [2.45, 2.75) is 39.7 Å². The van der Waals surface area contributed by atoms with Crippen molar-refractivity contribution in [3.05, 3.63) is 57.0 Å². The molecule has 1 atom stereocenters. The van der Waals surface area contributed by atoms with Crippen LogP contribution < -0.4 is 5.32 Å². The highest BCUT2D eigenvalue weighted by molar-refractivity contribution is 7.14. The highest BCUT2D eigenvalue weighted by Crippen LogP contribution is 2.33. The molecule has 0 unspecified atom stereocenters. The molecule has 3 rings (SSSR count). The van der Waals surface area contributed by atoms with Crippen molar-refractivity contribution in [1.29, 1.82) is 0 Å². The highest BCUT2D eigenvalue weighted by atomic mass is 32.1. The fourth-order valence-corrected chi connectivity index (χ4v) is 4.66. The predicted molar refractivity (Wildman–Crippen MR) is 105 cm³/mol. The number of hydrogen-bond donors (Lipinski definition) is 1. The third kappa shape index (κ3) is 4.38. The Hall–Kier alpha value is -2.21. The van der Waals surface area contributed by atoms with Crippen LogP contribution in [0.4, 0.5) is 4.39 Å². The maximum atomic E-state index is 13.7. The summed E-state index contributed by atoms with van der Waals surface area (Å²) in [4.78, 5) is 28.9. The van der Waals surface area contributed by atoms with Crippen LogP contribution >= 0.6 is 11.3 Å². The Bertz CT molecular complexity index is 829. The molecular weight excluding hydrogens is 363 g/mol. The number of amides is 2. The molecule has 2 amide bonds. The second-order valence-corrected chi connectivity index (χ2v) is 7.92. The van der Waals surface area contributed by atoms with Crippen LogP contribution in [0.2, 0.25) is 0 Å². The third-order valence-electron chi connectivity index (χ3n) is 5.13. The SMILES string of the molecule is CCN(CC)C(=O)c1cc2c(s1)CC[C@@H](C(=O)NCc1ccccc1F)C2. The number of rotatable bonds is 6. The Balaban J connectivity index is 1.63. The molecule has 0 spiro atoms. The van der Waals surface area contributed by atoms with Gasteiger partial charge in [-0.2, -0.15) is 0 Å². The largest absolute Gasteiger partial charge is 0.352 e. The van der Waals surface area contributed by atoms with Gasteiger partial charge in [-0.3, -0.25) is 9.59 Å². The van der Waals surface area contributed by atoms with Crippen LogP contribution in [0.15, 0.2) is 30.3 Å². The van der Waals surface area contributed by atoms with Crippen molar-refractivity contribution < 1.29 is 14.0 Å². The molecule has 1 heterocycles. The maximum Gasteiger partial charge on any atom is 0.263 e. The molecule has 0 radical (unpaired) electrons. The summed E-state index contributed by atoms with van der Waals surface area (Å²) in [5, 5.41) is 2.86. The van der Waals surface area contributed by atoms with Crippen LogP contribution in [0.1, 0.15) is 45.9 Å². The lowest BCUT2D eigenvalue weighted by Crippen LogP contribution is -2.33. The molecular formula is C21H25FN2O2S. The molecule has 27 heavy (non-hydrogen) atoms. The number of fused-ring (bicyclic) bond motifs is 1. The van der Waals surface area contributed by atoms with Gasteiger partial charge in [0.05, 0.1) is 4.88 Å². The number of thiophene rings is 1. The highest BCUT2D eigenvalue weighted by Gasteiger charge is 2.28. The van der Waals surface area contributed by atoms with Crippen LogP contribution in [0.5, 0.6) is 0 Å². The first kappa shape index (κ1) is 19.5. The minimum Gasteiger partial charge on any atom is -0.352 e. The van der Waals surface area contributed by atoms with Gasteiger partial charge in [0.25, 0.3) is 5.91 Å². The van der Waals surface area contributed by atoms with Crippen LogP contribution in [-0.4, -0.2) is 29.8 Å². The van der Waals surface area contributed by atoms with E-state index in [4.69, 9.17) is 0 Å². The van der Waals surface area contributed by atoms with E-state index in [0.29, 0.717) is 25.1 Å². The van der Waals surface area contributed by atoms with Gasteiger partial charge < -0.3 is 10.2 Å². The summed E-state index contributed by atoms with van der Waals surface area (Å²) in [5.74, 6) is -0.414. The van der Waals surface area contributed by atoms with E-state index < -0.39 is 0 Å². The van der Waals surface area contributed by atoms with E-state index in [2.05, 4.69) is 5.32 Å². The predicted octanol–water partition coefficient (Wildman–Crippen LogP) is 3.79. The quantitative estimate of drug-likeness (QED) is 0.819. The summed E-state index contributed by atoms with van der Waals surface area (Å²) in [5.41, 5.74) is 1.60. The van der Waals surface area contributed by atoms with Crippen LogP contribution in [0.3, 0.4) is 0 Å². The fourth-order valence-electron chi connectivity index (χ4n) is 3.49. The molecule has 0 saturated carbocycles. The summed E-state index contributed by atoms with van der Waals surface area (Å²) >= 11 is 1.56. The van der Waals surface area contributed by atoms with E-state index in [1.807, 2.05) is 24.8 Å². The van der Waals surface area contributed by atoms with Gasteiger partial charge in [-0.15, -0.1) is 11.3 Å². The van der Waals surface area contributed by atoms with E-state index in [0.717, 1.165) is 23.3 Å². The molecule has 0 saturated heterocycles. The van der Waals surface area contributed by atoms with Crippen molar-refractivity contribution in [3.63, 3.8) is 0 Å². The standard InChI is InChI=1S/C21H25FN2O2S/c1-3-24(4-2)21(26)19-12-16-11-14(9-10-18(16)27-19)20(25)23-13-15-7-5-6-8-17(15)22/h5-8,12,14H,3-4,9-11,13H2,1-2H3,(H,23,25)/t14-/m1/s1. The number of carbonyl (C=O) groups is 2.